The molecule has 0 bridgehead atoms. The van der Waals surface area contributed by atoms with Crippen LogP contribution >= 0.6 is 11.6 Å². The molecule has 1 saturated carbocycles. The Morgan fingerprint density at radius 1 is 1.23 bits per heavy atom. The number of nitrogens with one attached hydrogen (secondary N) is 2. The summed E-state index contributed by atoms with van der Waals surface area (Å²) in [6.45, 7) is 7.32. The molecule has 43 heavy (non-hydrogen) atoms. The Kier molecular flexibility index (Phi) is 7.00. The van der Waals surface area contributed by atoms with E-state index in [9.17, 15) is 18.8 Å². The van der Waals surface area contributed by atoms with Crippen LogP contribution < -0.4 is 10.6 Å². The number of halogens is 3. The predicted molar refractivity (Wildman–Crippen MR) is 160 cm³/mol. The van der Waals surface area contributed by atoms with E-state index in [1.54, 1.807) is 18.0 Å². The van der Waals surface area contributed by atoms with Gasteiger partial charge < -0.3 is 15.5 Å². The van der Waals surface area contributed by atoms with Crippen molar-refractivity contribution in [1.82, 2.24) is 24.9 Å². The normalized spacial score (nSPS) is 16.3. The lowest BCUT2D eigenvalue weighted by Gasteiger charge is -2.23. The van der Waals surface area contributed by atoms with Crippen LogP contribution in [-0.2, 0) is 12.1 Å². The summed E-state index contributed by atoms with van der Waals surface area (Å²) in [7, 11) is 1.74. The number of alkyl halides is 2. The van der Waals surface area contributed by atoms with Crippen LogP contribution in [0.3, 0.4) is 0 Å². The summed E-state index contributed by atoms with van der Waals surface area (Å²) in [5, 5.41) is 26.2. The second-order valence-corrected chi connectivity index (χ2v) is 12.9. The number of carbonyl (C=O) groups is 1. The van der Waals surface area contributed by atoms with E-state index in [1.807, 2.05) is 24.3 Å². The van der Waals surface area contributed by atoms with Crippen LogP contribution in [0.2, 0.25) is 5.02 Å². The highest BCUT2D eigenvalue weighted by atomic mass is 35.5. The van der Waals surface area contributed by atoms with Gasteiger partial charge in [-0.1, -0.05) is 55.8 Å². The number of amides is 1. The Labute approximate surface area is 252 Å². The molecular formula is C31H31ClF2N8O. The lowest BCUT2D eigenvalue weighted by molar-refractivity contribution is 0.0593. The molecule has 12 heteroatoms. The molecular weight excluding hydrogens is 574 g/mol. The van der Waals surface area contributed by atoms with E-state index >= 15 is 0 Å². The minimum Gasteiger partial charge on any atom is -0.383 e. The quantitative estimate of drug-likeness (QED) is 0.241. The van der Waals surface area contributed by atoms with Crippen LogP contribution in [0.5, 0.6) is 0 Å². The number of nitrogens with zero attached hydrogens (tertiary/aromatic N) is 6. The van der Waals surface area contributed by atoms with E-state index in [0.29, 0.717) is 75.6 Å². The highest BCUT2D eigenvalue weighted by molar-refractivity contribution is 6.35. The zero-order chi connectivity index (χ0) is 30.7. The molecule has 9 nitrogen and oxygen atoms in total. The molecule has 1 aliphatic heterocycles. The van der Waals surface area contributed by atoms with Crippen LogP contribution in [0.4, 0.5) is 20.2 Å². The maximum atomic E-state index is 13.9. The number of carbonyl (C=O) groups excluding carboxylic acids is 1. The predicted octanol–water partition coefficient (Wildman–Crippen LogP) is 6.35. The van der Waals surface area contributed by atoms with Crippen LogP contribution in [0.15, 0.2) is 42.7 Å². The number of nitriles is 1. The van der Waals surface area contributed by atoms with Gasteiger partial charge in [-0.25, -0.2) is 13.5 Å². The summed E-state index contributed by atoms with van der Waals surface area (Å²) in [6, 6.07) is 10.7. The van der Waals surface area contributed by atoms with Gasteiger partial charge in [0.2, 0.25) is 0 Å². The second kappa shape index (κ2) is 10.5. The average molecular weight is 605 g/mol. The molecule has 0 unspecified atom stereocenters. The number of pyridine rings is 1. The minimum absolute atomic E-state index is 0.0660. The zero-order valence-corrected chi connectivity index (χ0v) is 25.0. The van der Waals surface area contributed by atoms with Gasteiger partial charge in [0, 0.05) is 37.4 Å². The lowest BCUT2D eigenvalue weighted by Crippen LogP contribution is -2.26. The molecule has 2 aliphatic rings. The lowest BCUT2D eigenvalue weighted by atomic mass is 9.94. The van der Waals surface area contributed by atoms with Crippen LogP contribution in [-0.4, -0.2) is 50.8 Å². The third kappa shape index (κ3) is 5.14. The topological polar surface area (TPSA) is 112 Å². The molecule has 1 fully saturated rings. The van der Waals surface area contributed by atoms with Gasteiger partial charge in [-0.2, -0.15) is 5.26 Å². The third-order valence-corrected chi connectivity index (χ3v) is 8.33. The maximum absolute atomic E-state index is 13.9. The monoisotopic (exact) mass is 604 g/mol. The zero-order valence-electron chi connectivity index (χ0n) is 24.3. The summed E-state index contributed by atoms with van der Waals surface area (Å²) >= 11 is 6.75. The van der Waals surface area contributed by atoms with Crippen LogP contribution in [0.25, 0.3) is 10.9 Å². The van der Waals surface area contributed by atoms with Gasteiger partial charge in [-0.3, -0.25) is 9.78 Å². The number of fused-ring (bicyclic) bond motifs is 2. The van der Waals surface area contributed by atoms with Gasteiger partial charge >= 0.3 is 0 Å². The molecule has 6 rings (SSSR count). The summed E-state index contributed by atoms with van der Waals surface area (Å²) < 4.78 is 29.1. The highest BCUT2D eigenvalue weighted by Gasteiger charge is 2.54. The molecule has 0 radical (unpaired) electrons. The first kappa shape index (κ1) is 28.8. The molecule has 2 aromatic carbocycles. The minimum atomic E-state index is -2.58. The molecule has 4 aromatic rings. The van der Waals surface area contributed by atoms with Crippen molar-refractivity contribution in [2.75, 3.05) is 24.2 Å². The summed E-state index contributed by atoms with van der Waals surface area (Å²) in [4.78, 5) is 19.3. The highest BCUT2D eigenvalue weighted by Crippen LogP contribution is 2.48. The van der Waals surface area contributed by atoms with Crippen molar-refractivity contribution in [1.29, 1.82) is 5.26 Å². The Morgan fingerprint density at radius 3 is 2.67 bits per heavy atom. The van der Waals surface area contributed by atoms with E-state index in [1.165, 1.54) is 17.1 Å². The smallest absolute Gasteiger partial charge is 0.263 e. The van der Waals surface area contributed by atoms with E-state index in [-0.39, 0.29) is 11.3 Å². The fourth-order valence-electron chi connectivity index (χ4n) is 5.52. The molecule has 2 aromatic heterocycles. The fourth-order valence-corrected chi connectivity index (χ4v) is 5.79. The number of hydrogen-bond acceptors (Lipinski definition) is 7. The molecule has 2 N–H and O–H groups in total. The Hall–Kier alpha value is -4.30. The number of aromatic nitrogens is 4. The standard InChI is InChI=1S/C31H31ClF2N8O/c1-30(2,3)16-37-25-18(12-35)13-36-26-21(25)10-19(11-22(26)32)38-27(20-7-5-6-17-14-41(4)28(43)24(17)20)23-15-42(40-39-23)31(8-9-31)29(33)34/h5-7,10-11,13,15,27,29,38H,8-9,14,16H2,1-4H3,(H,36,37)/t27-/m0/s1. The van der Waals surface area contributed by atoms with Crippen molar-refractivity contribution in [3.05, 3.63) is 75.7 Å². The van der Waals surface area contributed by atoms with Gasteiger partial charge in [0.15, 0.2) is 0 Å². The molecule has 1 aliphatic carbocycles. The Balaban J connectivity index is 1.48. The van der Waals surface area contributed by atoms with Crippen molar-refractivity contribution in [2.24, 2.45) is 5.41 Å². The SMILES string of the molecule is CN1Cc2cccc([C@H](Nc3cc(Cl)c4ncc(C#N)c(NCC(C)(C)C)c4c3)c3cn(C4(C(F)F)CC4)nn3)c2C1=O. The largest absolute Gasteiger partial charge is 0.383 e. The van der Waals surface area contributed by atoms with Crippen molar-refractivity contribution in [2.45, 2.75) is 58.2 Å². The van der Waals surface area contributed by atoms with Gasteiger partial charge in [0.1, 0.15) is 17.3 Å². The molecule has 3 heterocycles. The van der Waals surface area contributed by atoms with Gasteiger partial charge in [0.05, 0.1) is 39.6 Å². The first-order chi connectivity index (χ1) is 20.4. The summed E-state index contributed by atoms with van der Waals surface area (Å²) in [5.41, 5.74) is 3.09. The van der Waals surface area contributed by atoms with Crippen molar-refractivity contribution in [3.8, 4) is 6.07 Å². The summed E-state index contributed by atoms with van der Waals surface area (Å²) in [6.07, 6.45) is 1.08. The fraction of sp³-hybridized carbons (Fsp3) is 0.387. The Bertz CT molecular complexity index is 1790. The number of anilines is 2. The molecule has 1 atom stereocenters. The van der Waals surface area contributed by atoms with Gasteiger partial charge in [-0.15, -0.1) is 5.10 Å². The molecule has 0 saturated heterocycles. The van der Waals surface area contributed by atoms with Crippen molar-refractivity contribution < 1.29 is 13.6 Å². The number of hydrogen-bond donors (Lipinski definition) is 2. The number of benzene rings is 2. The van der Waals surface area contributed by atoms with E-state index in [2.05, 4.69) is 52.8 Å². The van der Waals surface area contributed by atoms with E-state index in [4.69, 9.17) is 11.6 Å². The molecule has 1 amide bonds. The summed E-state index contributed by atoms with van der Waals surface area (Å²) in [5.74, 6) is -0.135. The first-order valence-corrected chi connectivity index (χ1v) is 14.4. The molecule has 0 spiro atoms. The average Bonchev–Trinajstić information content (AvgIpc) is 3.54. The van der Waals surface area contributed by atoms with E-state index < -0.39 is 18.0 Å². The molecule has 222 valence electrons. The second-order valence-electron chi connectivity index (χ2n) is 12.5. The third-order valence-electron chi connectivity index (χ3n) is 8.05. The Morgan fingerprint density at radius 2 is 2.00 bits per heavy atom. The maximum Gasteiger partial charge on any atom is 0.263 e. The number of rotatable bonds is 8. The van der Waals surface area contributed by atoms with Crippen LogP contribution in [0.1, 0.15) is 72.4 Å². The first-order valence-electron chi connectivity index (χ1n) is 14.0. The van der Waals surface area contributed by atoms with Gasteiger partial charge in [-0.05, 0) is 41.5 Å². The van der Waals surface area contributed by atoms with E-state index in [0.717, 1.165) is 5.56 Å². The van der Waals surface area contributed by atoms with Crippen molar-refractivity contribution in [3.63, 3.8) is 0 Å². The van der Waals surface area contributed by atoms with Crippen molar-refractivity contribution >= 4 is 39.8 Å². The van der Waals surface area contributed by atoms with Gasteiger partial charge in [0.25, 0.3) is 12.3 Å². The van der Waals surface area contributed by atoms with Crippen LogP contribution in [0, 0.1) is 16.7 Å².